The fraction of sp³-hybridized carbons (Fsp3) is 0.375. The number of hydrogen-bond donors (Lipinski definition) is 1. The van der Waals surface area contributed by atoms with Gasteiger partial charge >= 0.3 is 0 Å². The third-order valence-electron chi connectivity index (χ3n) is 3.21. The van der Waals surface area contributed by atoms with Crippen LogP contribution >= 0.6 is 11.3 Å². The number of carbonyl (C=O) groups is 1. The molecule has 1 aromatic heterocycles. The van der Waals surface area contributed by atoms with E-state index in [1.165, 1.54) is 17.4 Å². The highest BCUT2D eigenvalue weighted by atomic mass is 32.1. The van der Waals surface area contributed by atoms with Gasteiger partial charge in [0.2, 0.25) is 0 Å². The van der Waals surface area contributed by atoms with Crippen LogP contribution in [-0.4, -0.2) is 34.6 Å². The molecule has 1 heterocycles. The van der Waals surface area contributed by atoms with Gasteiger partial charge in [-0.1, -0.05) is 12.1 Å². The molecule has 0 aliphatic carbocycles. The van der Waals surface area contributed by atoms with Crippen molar-refractivity contribution in [3.05, 3.63) is 45.9 Å². The van der Waals surface area contributed by atoms with Crippen molar-refractivity contribution in [2.75, 3.05) is 13.7 Å². The zero-order valence-corrected chi connectivity index (χ0v) is 13.8. The van der Waals surface area contributed by atoms with Crippen LogP contribution in [0.25, 0.3) is 0 Å². The maximum Gasteiger partial charge on any atom is 0.257 e. The molecule has 0 fully saturated rings. The summed E-state index contributed by atoms with van der Waals surface area (Å²) in [5, 5.41) is 12.6. The number of hydrogen-bond acceptors (Lipinski definition) is 5. The van der Waals surface area contributed by atoms with Gasteiger partial charge in [-0.25, -0.2) is 4.98 Å². The van der Waals surface area contributed by atoms with Gasteiger partial charge in [0.05, 0.1) is 17.8 Å². The van der Waals surface area contributed by atoms with Crippen molar-refractivity contribution in [3.8, 4) is 5.75 Å². The summed E-state index contributed by atoms with van der Waals surface area (Å²) in [6.07, 6.45) is -0.0390. The van der Waals surface area contributed by atoms with E-state index in [9.17, 15) is 9.90 Å². The summed E-state index contributed by atoms with van der Waals surface area (Å²) in [6, 6.07) is 6.53. The number of amides is 1. The number of para-hydroxylation sites is 1. The highest BCUT2D eigenvalue weighted by molar-refractivity contribution is 7.09. The number of rotatable bonds is 6. The molecule has 5 nitrogen and oxygen atoms in total. The van der Waals surface area contributed by atoms with E-state index in [1.807, 2.05) is 19.2 Å². The summed E-state index contributed by atoms with van der Waals surface area (Å²) < 4.78 is 5.51. The first-order valence-corrected chi connectivity index (χ1v) is 8.00. The molecule has 0 saturated heterocycles. The molecule has 1 amide bonds. The van der Waals surface area contributed by atoms with Gasteiger partial charge in [0, 0.05) is 19.0 Å². The molecule has 0 aliphatic heterocycles. The van der Waals surface area contributed by atoms with E-state index in [0.29, 0.717) is 18.7 Å². The molecule has 0 radical (unpaired) electrons. The predicted molar refractivity (Wildman–Crippen MR) is 86.1 cm³/mol. The van der Waals surface area contributed by atoms with Crippen molar-refractivity contribution in [1.82, 2.24) is 9.88 Å². The van der Waals surface area contributed by atoms with Gasteiger partial charge in [-0.2, -0.15) is 0 Å². The minimum atomic E-state index is -0.231. The first-order chi connectivity index (χ1) is 10.5. The Morgan fingerprint density at radius 3 is 2.86 bits per heavy atom. The molecule has 6 heteroatoms. The number of aromatic hydroxyl groups is 1. The van der Waals surface area contributed by atoms with Gasteiger partial charge in [0.15, 0.2) is 0 Å². The van der Waals surface area contributed by atoms with Crippen molar-refractivity contribution >= 4 is 17.2 Å². The van der Waals surface area contributed by atoms with E-state index in [1.54, 1.807) is 30.1 Å². The number of phenols is 1. The van der Waals surface area contributed by atoms with Crippen LogP contribution in [0.1, 0.15) is 41.0 Å². The molecular weight excluding hydrogens is 300 g/mol. The Morgan fingerprint density at radius 2 is 2.18 bits per heavy atom. The fourth-order valence-corrected chi connectivity index (χ4v) is 2.89. The Balaban J connectivity index is 2.04. The molecule has 0 bridgehead atoms. The van der Waals surface area contributed by atoms with Gasteiger partial charge in [0.1, 0.15) is 16.9 Å². The molecule has 1 atom stereocenters. The third kappa shape index (κ3) is 3.84. The third-order valence-corrected chi connectivity index (χ3v) is 4.27. The summed E-state index contributed by atoms with van der Waals surface area (Å²) in [5.74, 6) is -0.242. The van der Waals surface area contributed by atoms with Crippen molar-refractivity contribution in [2.24, 2.45) is 0 Å². The van der Waals surface area contributed by atoms with Crippen molar-refractivity contribution in [1.29, 1.82) is 0 Å². The standard InChI is InChI=1S/C16H20N2O3S/c1-4-21-11(2)15-17-12(10-22-15)9-18(3)16(20)13-7-5-6-8-14(13)19/h5-8,10-11,19H,4,9H2,1-3H3. The Morgan fingerprint density at radius 1 is 1.45 bits per heavy atom. The highest BCUT2D eigenvalue weighted by Crippen LogP contribution is 2.23. The number of aromatic nitrogens is 1. The summed E-state index contributed by atoms with van der Waals surface area (Å²) in [6.45, 7) is 4.94. The summed E-state index contributed by atoms with van der Waals surface area (Å²) in [4.78, 5) is 18.4. The van der Waals surface area contributed by atoms with Gasteiger partial charge in [-0.05, 0) is 26.0 Å². The van der Waals surface area contributed by atoms with Crippen LogP contribution in [0.15, 0.2) is 29.6 Å². The monoisotopic (exact) mass is 320 g/mol. The number of nitrogens with zero attached hydrogens (tertiary/aromatic N) is 2. The summed E-state index contributed by atoms with van der Waals surface area (Å²) >= 11 is 1.53. The first kappa shape index (κ1) is 16.5. The Hall–Kier alpha value is -1.92. The first-order valence-electron chi connectivity index (χ1n) is 7.12. The maximum atomic E-state index is 12.3. The molecule has 2 rings (SSSR count). The van der Waals surface area contributed by atoms with Crippen molar-refractivity contribution in [3.63, 3.8) is 0 Å². The van der Waals surface area contributed by atoms with E-state index in [2.05, 4.69) is 4.98 Å². The van der Waals surface area contributed by atoms with Crippen molar-refractivity contribution < 1.29 is 14.6 Å². The van der Waals surface area contributed by atoms with Crippen LogP contribution in [0, 0.1) is 0 Å². The number of ether oxygens (including phenoxy) is 1. The van der Waals surface area contributed by atoms with E-state index in [4.69, 9.17) is 4.74 Å². The van der Waals surface area contributed by atoms with Gasteiger partial charge in [0.25, 0.3) is 5.91 Å². The zero-order chi connectivity index (χ0) is 16.1. The minimum absolute atomic E-state index is 0.0108. The quantitative estimate of drug-likeness (QED) is 0.887. The molecule has 2 aromatic rings. The summed E-state index contributed by atoms with van der Waals surface area (Å²) in [7, 11) is 1.69. The Labute approximate surface area is 134 Å². The second-order valence-electron chi connectivity index (χ2n) is 4.95. The molecule has 22 heavy (non-hydrogen) atoms. The maximum absolute atomic E-state index is 12.3. The fourth-order valence-electron chi connectivity index (χ4n) is 2.08. The average Bonchev–Trinajstić information content (AvgIpc) is 2.96. The topological polar surface area (TPSA) is 62.7 Å². The molecule has 1 unspecified atom stereocenters. The van der Waals surface area contributed by atoms with Crippen LogP contribution in [0.4, 0.5) is 0 Å². The molecule has 118 valence electrons. The summed E-state index contributed by atoms with van der Waals surface area (Å²) in [5.41, 5.74) is 1.11. The van der Waals surface area contributed by atoms with E-state index < -0.39 is 0 Å². The Kier molecular flexibility index (Phi) is 5.51. The van der Waals surface area contributed by atoms with Crippen LogP contribution in [0.5, 0.6) is 5.75 Å². The van der Waals surface area contributed by atoms with Crippen LogP contribution in [0.3, 0.4) is 0 Å². The number of phenolic OH excluding ortho intramolecular Hbond substituents is 1. The molecule has 0 spiro atoms. The number of carbonyl (C=O) groups excluding carboxylic acids is 1. The lowest BCUT2D eigenvalue weighted by Crippen LogP contribution is -2.26. The second kappa shape index (κ2) is 7.38. The molecule has 0 saturated carbocycles. The van der Waals surface area contributed by atoms with Crippen LogP contribution in [-0.2, 0) is 11.3 Å². The predicted octanol–water partition coefficient (Wildman–Crippen LogP) is 3.22. The highest BCUT2D eigenvalue weighted by Gasteiger charge is 2.17. The Bertz CT molecular complexity index is 642. The van der Waals surface area contributed by atoms with E-state index in [-0.39, 0.29) is 17.8 Å². The van der Waals surface area contributed by atoms with E-state index in [0.717, 1.165) is 10.7 Å². The van der Waals surface area contributed by atoms with E-state index >= 15 is 0 Å². The molecule has 1 N–H and O–H groups in total. The largest absolute Gasteiger partial charge is 0.507 e. The second-order valence-corrected chi connectivity index (χ2v) is 5.84. The number of thiazole rings is 1. The van der Waals surface area contributed by atoms with Gasteiger partial charge in [-0.15, -0.1) is 11.3 Å². The number of benzene rings is 1. The molecule has 1 aromatic carbocycles. The van der Waals surface area contributed by atoms with Gasteiger partial charge < -0.3 is 14.7 Å². The van der Waals surface area contributed by atoms with Crippen molar-refractivity contribution in [2.45, 2.75) is 26.5 Å². The smallest absolute Gasteiger partial charge is 0.257 e. The van der Waals surface area contributed by atoms with Crippen LogP contribution in [0.2, 0.25) is 0 Å². The average molecular weight is 320 g/mol. The zero-order valence-electron chi connectivity index (χ0n) is 12.9. The lowest BCUT2D eigenvalue weighted by molar-refractivity contribution is 0.0755. The lowest BCUT2D eigenvalue weighted by atomic mass is 10.2. The van der Waals surface area contributed by atoms with Crippen LogP contribution < -0.4 is 0 Å². The lowest BCUT2D eigenvalue weighted by Gasteiger charge is -2.16. The SMILES string of the molecule is CCOC(C)c1nc(CN(C)C(=O)c2ccccc2O)cs1. The van der Waals surface area contributed by atoms with Gasteiger partial charge in [-0.3, -0.25) is 4.79 Å². The normalized spacial score (nSPS) is 12.1. The molecule has 0 aliphatic rings. The minimum Gasteiger partial charge on any atom is -0.507 e. The molecular formula is C16H20N2O3S.